The highest BCUT2D eigenvalue weighted by atomic mass is 32.1. The number of rotatable bonds is 3. The number of nitrogens with zero attached hydrogens (tertiary/aromatic N) is 3. The van der Waals surface area contributed by atoms with Gasteiger partial charge in [0.15, 0.2) is 0 Å². The fraction of sp³-hybridized carbons (Fsp3) is 0.143. The Balaban J connectivity index is 2.09. The predicted octanol–water partition coefficient (Wildman–Crippen LogP) is 3.00. The summed E-state index contributed by atoms with van der Waals surface area (Å²) >= 11 is 1.41. The van der Waals surface area contributed by atoms with Gasteiger partial charge in [-0.25, -0.2) is 9.78 Å². The van der Waals surface area contributed by atoms with Gasteiger partial charge in [0.1, 0.15) is 5.01 Å². The molecule has 0 aliphatic heterocycles. The highest BCUT2D eigenvalue weighted by Crippen LogP contribution is 2.33. The van der Waals surface area contributed by atoms with E-state index in [1.54, 1.807) is 29.8 Å². The lowest BCUT2D eigenvalue weighted by molar-refractivity contribution is -0.384. The molecular weight excluding hydrogens is 306 g/mol. The fourth-order valence-electron chi connectivity index (χ4n) is 2.14. The van der Waals surface area contributed by atoms with Gasteiger partial charge in [0.25, 0.3) is 5.69 Å². The summed E-state index contributed by atoms with van der Waals surface area (Å²) < 4.78 is 7.24. The molecule has 0 spiro atoms. The van der Waals surface area contributed by atoms with Gasteiger partial charge in [-0.05, 0) is 18.2 Å². The van der Waals surface area contributed by atoms with Crippen LogP contribution >= 0.6 is 11.3 Å². The molecule has 2 aromatic heterocycles. The van der Waals surface area contributed by atoms with Gasteiger partial charge in [-0.2, -0.15) is 0 Å². The summed E-state index contributed by atoms with van der Waals surface area (Å²) in [6.07, 6.45) is 1.45. The molecule has 2 heterocycles. The van der Waals surface area contributed by atoms with Gasteiger partial charge < -0.3 is 9.30 Å². The first kappa shape index (κ1) is 14.2. The Morgan fingerprint density at radius 2 is 2.18 bits per heavy atom. The van der Waals surface area contributed by atoms with E-state index < -0.39 is 10.9 Å². The van der Waals surface area contributed by atoms with E-state index in [0.29, 0.717) is 21.8 Å². The van der Waals surface area contributed by atoms with E-state index in [2.05, 4.69) is 9.72 Å². The van der Waals surface area contributed by atoms with Gasteiger partial charge >= 0.3 is 5.97 Å². The number of thiazole rings is 1. The van der Waals surface area contributed by atoms with E-state index in [1.165, 1.54) is 30.7 Å². The third-order valence-electron chi connectivity index (χ3n) is 3.23. The van der Waals surface area contributed by atoms with E-state index in [4.69, 9.17) is 0 Å². The third-order valence-corrected chi connectivity index (χ3v) is 4.29. The number of fused-ring (bicyclic) bond motifs is 1. The number of hydrogen-bond acceptors (Lipinski definition) is 6. The van der Waals surface area contributed by atoms with Crippen LogP contribution in [-0.2, 0) is 11.8 Å². The minimum atomic E-state index is -0.438. The second-order valence-electron chi connectivity index (χ2n) is 4.64. The van der Waals surface area contributed by atoms with Crippen molar-refractivity contribution in [2.45, 2.75) is 0 Å². The van der Waals surface area contributed by atoms with Crippen LogP contribution in [0.1, 0.15) is 10.4 Å². The smallest absolute Gasteiger partial charge is 0.337 e. The lowest BCUT2D eigenvalue weighted by Crippen LogP contribution is -2.00. The number of esters is 1. The van der Waals surface area contributed by atoms with Crippen molar-refractivity contribution in [2.24, 2.45) is 7.05 Å². The Morgan fingerprint density at radius 1 is 1.41 bits per heavy atom. The van der Waals surface area contributed by atoms with Crippen molar-refractivity contribution in [1.82, 2.24) is 9.55 Å². The number of nitro groups is 1. The average Bonchev–Trinajstić information content (AvgIpc) is 3.08. The van der Waals surface area contributed by atoms with Crippen molar-refractivity contribution in [3.8, 4) is 10.7 Å². The van der Waals surface area contributed by atoms with Crippen LogP contribution in [0.2, 0.25) is 0 Å². The molecule has 0 aliphatic carbocycles. The topological polar surface area (TPSA) is 87.3 Å². The van der Waals surface area contributed by atoms with Crippen LogP contribution < -0.4 is 0 Å². The molecule has 0 fully saturated rings. The first-order chi connectivity index (χ1) is 10.5. The summed E-state index contributed by atoms with van der Waals surface area (Å²) in [5.41, 5.74) is 1.76. The van der Waals surface area contributed by atoms with Gasteiger partial charge in [-0.3, -0.25) is 10.1 Å². The number of methoxy groups -OCH3 is 1. The van der Waals surface area contributed by atoms with E-state index >= 15 is 0 Å². The van der Waals surface area contributed by atoms with Gasteiger partial charge in [-0.1, -0.05) is 0 Å². The molecule has 0 unspecified atom stereocenters. The quantitative estimate of drug-likeness (QED) is 0.421. The summed E-state index contributed by atoms with van der Waals surface area (Å²) in [5, 5.41) is 11.5. The second kappa shape index (κ2) is 5.23. The molecule has 112 valence electrons. The predicted molar refractivity (Wildman–Crippen MR) is 82.0 cm³/mol. The van der Waals surface area contributed by atoms with Crippen molar-refractivity contribution >= 4 is 33.2 Å². The van der Waals surface area contributed by atoms with Crippen LogP contribution in [-0.4, -0.2) is 27.6 Å². The van der Waals surface area contributed by atoms with E-state index in [1.807, 2.05) is 0 Å². The van der Waals surface area contributed by atoms with Gasteiger partial charge in [0.05, 0.1) is 39.7 Å². The Hall–Kier alpha value is -2.74. The zero-order valence-electron chi connectivity index (χ0n) is 11.8. The molecule has 0 aliphatic rings. The van der Waals surface area contributed by atoms with Gasteiger partial charge in [0.2, 0.25) is 0 Å². The summed E-state index contributed by atoms with van der Waals surface area (Å²) in [4.78, 5) is 26.4. The molecule has 0 saturated heterocycles. The Morgan fingerprint density at radius 3 is 2.82 bits per heavy atom. The molecule has 0 saturated carbocycles. The van der Waals surface area contributed by atoms with Crippen LogP contribution in [0.3, 0.4) is 0 Å². The monoisotopic (exact) mass is 317 g/mol. The molecule has 1 aromatic carbocycles. The van der Waals surface area contributed by atoms with Crippen LogP contribution in [0.5, 0.6) is 0 Å². The van der Waals surface area contributed by atoms with E-state index in [0.717, 1.165) is 4.70 Å². The number of hydrogen-bond donors (Lipinski definition) is 0. The number of aromatic nitrogens is 2. The summed E-state index contributed by atoms with van der Waals surface area (Å²) in [7, 11) is 3.05. The van der Waals surface area contributed by atoms with Crippen molar-refractivity contribution in [2.75, 3.05) is 7.11 Å². The molecule has 3 aromatic rings. The van der Waals surface area contributed by atoms with Crippen molar-refractivity contribution in [1.29, 1.82) is 0 Å². The van der Waals surface area contributed by atoms with Crippen LogP contribution in [0.15, 0.2) is 30.5 Å². The summed E-state index contributed by atoms with van der Waals surface area (Å²) in [6.45, 7) is 0. The van der Waals surface area contributed by atoms with E-state index in [9.17, 15) is 14.9 Å². The van der Waals surface area contributed by atoms with E-state index in [-0.39, 0.29) is 5.69 Å². The lowest BCUT2D eigenvalue weighted by Gasteiger charge is -1.97. The number of benzene rings is 1. The minimum Gasteiger partial charge on any atom is -0.465 e. The SMILES string of the molecule is COC(=O)c1ccc2sc(-c3cc([N+](=O)[O-])cn3C)nc2c1. The summed E-state index contributed by atoms with van der Waals surface area (Å²) in [6, 6.07) is 6.60. The third kappa shape index (κ3) is 2.33. The highest BCUT2D eigenvalue weighted by molar-refractivity contribution is 7.21. The average molecular weight is 317 g/mol. The molecule has 0 N–H and O–H groups in total. The number of aryl methyl sites for hydroxylation is 1. The Bertz CT molecular complexity index is 897. The first-order valence-electron chi connectivity index (χ1n) is 6.29. The first-order valence-corrected chi connectivity index (χ1v) is 7.11. The largest absolute Gasteiger partial charge is 0.465 e. The fourth-order valence-corrected chi connectivity index (χ4v) is 3.15. The molecule has 7 nitrogen and oxygen atoms in total. The van der Waals surface area contributed by atoms with Crippen LogP contribution in [0, 0.1) is 10.1 Å². The molecule has 0 amide bonds. The maximum absolute atomic E-state index is 11.5. The molecule has 8 heteroatoms. The van der Waals surface area contributed by atoms with Crippen molar-refractivity contribution < 1.29 is 14.5 Å². The number of ether oxygens (including phenoxy) is 1. The standard InChI is InChI=1S/C14H11N3O4S/c1-16-7-9(17(19)20)6-11(16)13-15-10-5-8(14(18)21-2)3-4-12(10)22-13/h3-7H,1-2H3. The molecule has 3 rings (SSSR count). The van der Waals surface area contributed by atoms with Gasteiger partial charge in [-0.15, -0.1) is 11.3 Å². The van der Waals surface area contributed by atoms with Crippen LogP contribution in [0.25, 0.3) is 20.9 Å². The Kier molecular flexibility index (Phi) is 3.38. The maximum atomic E-state index is 11.5. The second-order valence-corrected chi connectivity index (χ2v) is 5.68. The zero-order valence-corrected chi connectivity index (χ0v) is 12.6. The van der Waals surface area contributed by atoms with Crippen molar-refractivity contribution in [3.05, 3.63) is 46.1 Å². The van der Waals surface area contributed by atoms with Crippen LogP contribution in [0.4, 0.5) is 5.69 Å². The number of carbonyl (C=O) groups is 1. The summed E-state index contributed by atoms with van der Waals surface area (Å²) in [5.74, 6) is -0.425. The highest BCUT2D eigenvalue weighted by Gasteiger charge is 2.17. The maximum Gasteiger partial charge on any atom is 0.337 e. The molecule has 0 radical (unpaired) electrons. The number of carbonyl (C=O) groups excluding carboxylic acids is 1. The molecular formula is C14H11N3O4S. The molecule has 0 bridgehead atoms. The minimum absolute atomic E-state index is 0.0204. The molecule has 0 atom stereocenters. The molecule has 22 heavy (non-hydrogen) atoms. The zero-order chi connectivity index (χ0) is 15.9. The van der Waals surface area contributed by atoms with Crippen molar-refractivity contribution in [3.63, 3.8) is 0 Å². The normalized spacial score (nSPS) is 10.8. The van der Waals surface area contributed by atoms with Gasteiger partial charge in [0, 0.05) is 13.1 Å². The Labute approximate surface area is 128 Å². The lowest BCUT2D eigenvalue weighted by atomic mass is 10.2.